The highest BCUT2D eigenvalue weighted by molar-refractivity contribution is 7.98. The van der Waals surface area contributed by atoms with Crippen molar-refractivity contribution in [2.24, 2.45) is 5.14 Å². The number of thioether (sulfide) groups is 1. The lowest BCUT2D eigenvalue weighted by Crippen LogP contribution is -2.25. The molecule has 2 rings (SSSR count). The fourth-order valence-corrected chi connectivity index (χ4v) is 3.47. The molecule has 0 bridgehead atoms. The van der Waals surface area contributed by atoms with Gasteiger partial charge < -0.3 is 14.6 Å². The van der Waals surface area contributed by atoms with Gasteiger partial charge >= 0.3 is 0 Å². The van der Waals surface area contributed by atoms with E-state index in [-0.39, 0.29) is 10.8 Å². The lowest BCUT2D eigenvalue weighted by Gasteiger charge is -2.06. The number of benzene rings is 1. The van der Waals surface area contributed by atoms with Crippen molar-refractivity contribution in [2.45, 2.75) is 17.2 Å². The minimum Gasteiger partial charge on any atom is -0.464 e. The van der Waals surface area contributed by atoms with E-state index in [4.69, 9.17) is 9.56 Å². The number of primary sulfonamides is 1. The Labute approximate surface area is 158 Å². The minimum atomic E-state index is -3.75. The second kappa shape index (κ2) is 9.22. The van der Waals surface area contributed by atoms with Crippen LogP contribution in [0.4, 0.5) is 0 Å². The number of carbonyl (C=O) groups is 1. The van der Waals surface area contributed by atoms with Crippen molar-refractivity contribution >= 4 is 27.7 Å². The van der Waals surface area contributed by atoms with Crippen LogP contribution in [0.2, 0.25) is 0 Å². The van der Waals surface area contributed by atoms with Gasteiger partial charge in [-0.3, -0.25) is 4.79 Å². The minimum absolute atomic E-state index is 0.0170. The van der Waals surface area contributed by atoms with Crippen LogP contribution < -0.4 is 10.5 Å². The van der Waals surface area contributed by atoms with Crippen LogP contribution in [0, 0.1) is 0 Å². The summed E-state index contributed by atoms with van der Waals surface area (Å²) in [7, 11) is 0.229. The lowest BCUT2D eigenvalue weighted by atomic mass is 10.2. The molecule has 0 aliphatic carbocycles. The van der Waals surface area contributed by atoms with Crippen molar-refractivity contribution in [3.63, 3.8) is 0 Å². The molecule has 0 saturated carbocycles. The molecule has 0 radical (unpaired) electrons. The maximum Gasteiger partial charge on any atom is 0.251 e. The number of carbonyl (C=O) groups excluding carboxylic acids is 1. The number of nitrogens with two attached hydrogens (primary N) is 1. The zero-order valence-electron chi connectivity index (χ0n) is 14.8. The van der Waals surface area contributed by atoms with E-state index in [1.54, 1.807) is 11.8 Å². The molecule has 0 saturated heterocycles. The Kier molecular flexibility index (Phi) is 7.27. The standard InChI is InChI=1S/C17H23N3O4S2/c1-20(2)11-14-5-6-15(24-14)12-25-10-9-19-17(21)13-3-7-16(8-4-13)26(18,22)23/h3-8H,9-12H2,1-2H3,(H,19,21)(H2,18,22,23). The maximum absolute atomic E-state index is 12.0. The molecule has 7 nitrogen and oxygen atoms in total. The molecular formula is C17H23N3O4S2. The summed E-state index contributed by atoms with van der Waals surface area (Å²) in [6.45, 7) is 1.27. The van der Waals surface area contributed by atoms with E-state index in [9.17, 15) is 13.2 Å². The molecule has 3 N–H and O–H groups in total. The first-order valence-corrected chi connectivity index (χ1v) is 10.7. The zero-order valence-corrected chi connectivity index (χ0v) is 16.4. The summed E-state index contributed by atoms with van der Waals surface area (Å²) >= 11 is 1.66. The Morgan fingerprint density at radius 3 is 2.42 bits per heavy atom. The number of hydrogen-bond acceptors (Lipinski definition) is 6. The fraction of sp³-hybridized carbons (Fsp3) is 0.353. The first kappa shape index (κ1) is 20.5. The highest BCUT2D eigenvalue weighted by Crippen LogP contribution is 2.16. The van der Waals surface area contributed by atoms with Gasteiger partial charge in [0, 0.05) is 17.9 Å². The number of amides is 1. The Morgan fingerprint density at radius 2 is 1.81 bits per heavy atom. The summed E-state index contributed by atoms with van der Waals surface area (Å²) in [5.41, 5.74) is 0.391. The molecule has 0 spiro atoms. The third-order valence-corrected chi connectivity index (χ3v) is 5.32. The Bertz CT molecular complexity index is 830. The molecule has 9 heteroatoms. The molecule has 2 aromatic rings. The molecular weight excluding hydrogens is 374 g/mol. The Hall–Kier alpha value is -1.81. The predicted molar refractivity (Wildman–Crippen MR) is 102 cm³/mol. The SMILES string of the molecule is CN(C)Cc1ccc(CSCCNC(=O)c2ccc(S(N)(=O)=O)cc2)o1. The van der Waals surface area contributed by atoms with Crippen molar-refractivity contribution in [3.05, 3.63) is 53.5 Å². The number of nitrogens with one attached hydrogen (secondary N) is 1. The summed E-state index contributed by atoms with van der Waals surface area (Å²) in [6.07, 6.45) is 0. The van der Waals surface area contributed by atoms with E-state index in [0.717, 1.165) is 29.6 Å². The van der Waals surface area contributed by atoms with Gasteiger partial charge in [0.2, 0.25) is 10.0 Å². The van der Waals surface area contributed by atoms with Crippen LogP contribution in [0.15, 0.2) is 45.7 Å². The normalized spacial score (nSPS) is 11.7. The smallest absolute Gasteiger partial charge is 0.251 e. The van der Waals surface area contributed by atoms with Crippen LogP contribution in [0.1, 0.15) is 21.9 Å². The van der Waals surface area contributed by atoms with Gasteiger partial charge in [-0.25, -0.2) is 13.6 Å². The van der Waals surface area contributed by atoms with E-state index < -0.39 is 10.0 Å². The summed E-state index contributed by atoms with van der Waals surface area (Å²) in [5, 5.41) is 7.83. The maximum atomic E-state index is 12.0. The van der Waals surface area contributed by atoms with Gasteiger partial charge in [0.15, 0.2) is 0 Å². The summed E-state index contributed by atoms with van der Waals surface area (Å²) in [6, 6.07) is 9.47. The molecule has 1 heterocycles. The molecule has 0 aliphatic heterocycles. The van der Waals surface area contributed by atoms with Crippen LogP contribution in [0.5, 0.6) is 0 Å². The van der Waals surface area contributed by atoms with Crippen LogP contribution in [-0.4, -0.2) is 45.6 Å². The third kappa shape index (κ3) is 6.49. The van der Waals surface area contributed by atoms with Crippen molar-refractivity contribution in [1.29, 1.82) is 0 Å². The van der Waals surface area contributed by atoms with Gasteiger partial charge in [-0.1, -0.05) is 0 Å². The molecule has 1 aromatic heterocycles. The van der Waals surface area contributed by atoms with E-state index in [2.05, 4.69) is 5.32 Å². The van der Waals surface area contributed by atoms with E-state index >= 15 is 0 Å². The van der Waals surface area contributed by atoms with Crippen LogP contribution in [-0.2, 0) is 22.3 Å². The molecule has 1 amide bonds. The molecule has 0 atom stereocenters. The molecule has 0 unspecified atom stereocenters. The van der Waals surface area contributed by atoms with Crippen LogP contribution in [0.25, 0.3) is 0 Å². The second-order valence-corrected chi connectivity index (χ2v) is 8.65. The van der Waals surface area contributed by atoms with Gasteiger partial charge in [0.1, 0.15) is 11.5 Å². The fourth-order valence-electron chi connectivity index (χ4n) is 2.20. The van der Waals surface area contributed by atoms with Crippen molar-refractivity contribution < 1.29 is 17.6 Å². The number of furan rings is 1. The van der Waals surface area contributed by atoms with Crippen LogP contribution >= 0.6 is 11.8 Å². The Balaban J connectivity index is 1.71. The van der Waals surface area contributed by atoms with E-state index in [1.807, 2.05) is 31.1 Å². The topological polar surface area (TPSA) is 106 Å². The average molecular weight is 398 g/mol. The third-order valence-electron chi connectivity index (χ3n) is 3.41. The summed E-state index contributed by atoms with van der Waals surface area (Å²) in [4.78, 5) is 14.0. The molecule has 1 aromatic carbocycles. The van der Waals surface area contributed by atoms with Crippen molar-refractivity contribution in [3.8, 4) is 0 Å². The lowest BCUT2D eigenvalue weighted by molar-refractivity contribution is 0.0956. The quantitative estimate of drug-likeness (QED) is 0.623. The first-order chi connectivity index (χ1) is 12.3. The second-order valence-electron chi connectivity index (χ2n) is 5.98. The molecule has 142 valence electrons. The van der Waals surface area contributed by atoms with Gasteiger partial charge in [0.25, 0.3) is 5.91 Å². The highest BCUT2D eigenvalue weighted by Gasteiger charge is 2.10. The monoisotopic (exact) mass is 397 g/mol. The molecule has 26 heavy (non-hydrogen) atoms. The van der Waals surface area contributed by atoms with E-state index in [0.29, 0.717) is 12.1 Å². The van der Waals surface area contributed by atoms with Crippen LogP contribution in [0.3, 0.4) is 0 Å². The van der Waals surface area contributed by atoms with Gasteiger partial charge in [0.05, 0.1) is 17.2 Å². The number of sulfonamides is 1. The summed E-state index contributed by atoms with van der Waals surface area (Å²) < 4.78 is 28.1. The molecule has 0 fully saturated rings. The van der Waals surface area contributed by atoms with Gasteiger partial charge in [-0.2, -0.15) is 11.8 Å². The van der Waals surface area contributed by atoms with Crippen molar-refractivity contribution in [1.82, 2.24) is 10.2 Å². The largest absolute Gasteiger partial charge is 0.464 e. The number of nitrogens with zero attached hydrogens (tertiary/aromatic N) is 1. The highest BCUT2D eigenvalue weighted by atomic mass is 32.2. The van der Waals surface area contributed by atoms with Gasteiger partial charge in [-0.15, -0.1) is 0 Å². The molecule has 0 aliphatic rings. The first-order valence-electron chi connectivity index (χ1n) is 7.97. The number of hydrogen-bond donors (Lipinski definition) is 2. The van der Waals surface area contributed by atoms with Crippen molar-refractivity contribution in [2.75, 3.05) is 26.4 Å². The average Bonchev–Trinajstić information content (AvgIpc) is 3.00. The summed E-state index contributed by atoms with van der Waals surface area (Å²) in [5.74, 6) is 3.08. The van der Waals surface area contributed by atoms with E-state index in [1.165, 1.54) is 24.3 Å². The Morgan fingerprint density at radius 1 is 1.15 bits per heavy atom. The van der Waals surface area contributed by atoms with Gasteiger partial charge in [-0.05, 0) is 50.5 Å². The predicted octanol–water partition coefficient (Wildman–Crippen LogP) is 1.65. The number of rotatable bonds is 9. The zero-order chi connectivity index (χ0) is 19.2.